The minimum Gasteiger partial charge on any atom is -0.458 e. The molecular weight excluding hydrogens is 245 g/mol. The van der Waals surface area contributed by atoms with E-state index in [2.05, 4.69) is 5.09 Å². The third kappa shape index (κ3) is 4.48. The van der Waals surface area contributed by atoms with E-state index in [1.165, 1.54) is 0 Å². The Labute approximate surface area is 102 Å². The maximum Gasteiger partial charge on any atom is 0.158 e. The number of rotatable bonds is 5. The number of aldehydes is 1. The van der Waals surface area contributed by atoms with E-state index >= 15 is 0 Å². The third-order valence-electron chi connectivity index (χ3n) is 1.80. The molecule has 0 fully saturated rings. The van der Waals surface area contributed by atoms with Crippen LogP contribution in [0.2, 0.25) is 5.02 Å². The van der Waals surface area contributed by atoms with Crippen molar-refractivity contribution in [1.29, 1.82) is 0 Å². The van der Waals surface area contributed by atoms with Crippen LogP contribution >= 0.6 is 19.9 Å². The molecule has 5 heteroatoms. The number of benzene rings is 1. The van der Waals surface area contributed by atoms with Crippen molar-refractivity contribution in [1.82, 2.24) is 5.09 Å². The van der Waals surface area contributed by atoms with Crippen molar-refractivity contribution in [3.63, 3.8) is 0 Å². The summed E-state index contributed by atoms with van der Waals surface area (Å²) in [5.41, 5.74) is -0.563. The first kappa shape index (κ1) is 13.4. The molecule has 0 aromatic heterocycles. The molecule has 1 rings (SSSR count). The molecule has 16 heavy (non-hydrogen) atoms. The zero-order valence-corrected chi connectivity index (χ0v) is 11.2. The lowest BCUT2D eigenvalue weighted by Crippen LogP contribution is -2.37. The molecule has 0 radical (unpaired) electrons. The predicted octanol–water partition coefficient (Wildman–Crippen LogP) is 3.23. The summed E-state index contributed by atoms with van der Waals surface area (Å²) in [4.78, 5) is 10.7. The first-order chi connectivity index (χ1) is 7.43. The molecule has 3 nitrogen and oxygen atoms in total. The van der Waals surface area contributed by atoms with Gasteiger partial charge in [0.05, 0.1) is 5.54 Å². The average Bonchev–Trinajstić information content (AvgIpc) is 2.21. The molecule has 1 N–H and O–H groups in total. The van der Waals surface area contributed by atoms with E-state index in [1.807, 2.05) is 20.5 Å². The van der Waals surface area contributed by atoms with Crippen LogP contribution in [-0.2, 0) is 4.79 Å². The summed E-state index contributed by atoms with van der Waals surface area (Å²) in [5, 5.41) is 3.79. The van der Waals surface area contributed by atoms with Gasteiger partial charge in [-0.1, -0.05) is 11.6 Å². The highest BCUT2D eigenvalue weighted by molar-refractivity contribution is 7.50. The quantitative estimate of drug-likeness (QED) is 0.652. The Kier molecular flexibility index (Phi) is 4.72. The fourth-order valence-corrected chi connectivity index (χ4v) is 2.58. The summed E-state index contributed by atoms with van der Waals surface area (Å²) < 4.78 is 5.64. The summed E-state index contributed by atoms with van der Waals surface area (Å²) in [6.07, 6.45) is 0.872. The Morgan fingerprint density at radius 3 is 2.44 bits per heavy atom. The van der Waals surface area contributed by atoms with Crippen LogP contribution in [0.5, 0.6) is 5.75 Å². The first-order valence-corrected chi connectivity index (χ1v) is 6.93. The minimum absolute atomic E-state index is 0.563. The van der Waals surface area contributed by atoms with Gasteiger partial charge >= 0.3 is 0 Å². The van der Waals surface area contributed by atoms with Crippen molar-refractivity contribution < 1.29 is 9.32 Å². The fourth-order valence-electron chi connectivity index (χ4n) is 1.11. The zero-order chi connectivity index (χ0) is 12.2. The highest BCUT2D eigenvalue weighted by Crippen LogP contribution is 2.32. The highest BCUT2D eigenvalue weighted by Gasteiger charge is 2.20. The molecular formula is C11H15ClNO2P. The molecule has 1 aromatic carbocycles. The number of hydrogen-bond donors (Lipinski definition) is 1. The predicted molar refractivity (Wildman–Crippen MR) is 68.2 cm³/mol. The Morgan fingerprint density at radius 2 is 1.94 bits per heavy atom. The Morgan fingerprint density at radius 1 is 1.38 bits per heavy atom. The summed E-state index contributed by atoms with van der Waals surface area (Å²) in [6.45, 7) is 5.53. The van der Waals surface area contributed by atoms with Gasteiger partial charge in [-0.25, -0.2) is 0 Å². The van der Waals surface area contributed by atoms with Gasteiger partial charge in [0.1, 0.15) is 12.0 Å². The number of carbonyl (C=O) groups excluding carboxylic acids is 1. The van der Waals surface area contributed by atoms with Crippen molar-refractivity contribution in [2.45, 2.75) is 19.4 Å². The van der Waals surface area contributed by atoms with Gasteiger partial charge in [-0.15, -0.1) is 0 Å². The molecule has 0 saturated heterocycles. The fraction of sp³-hybridized carbons (Fsp3) is 0.364. The van der Waals surface area contributed by atoms with Crippen molar-refractivity contribution in [2.75, 3.05) is 6.66 Å². The summed E-state index contributed by atoms with van der Waals surface area (Å²) in [7, 11) is -0.885. The second-order valence-electron chi connectivity index (χ2n) is 3.99. The van der Waals surface area contributed by atoms with Gasteiger partial charge < -0.3 is 9.32 Å². The maximum atomic E-state index is 10.7. The normalized spacial score (nSPS) is 13.2. The summed E-state index contributed by atoms with van der Waals surface area (Å²) >= 11 is 5.76. The van der Waals surface area contributed by atoms with E-state index in [-0.39, 0.29) is 0 Å². The standard InChI is InChI=1S/C11H15ClNO2P/c1-11(2,8-14)13-16(3)15-10-6-4-9(12)5-7-10/h4-8,13H,1-3H3. The van der Waals surface area contributed by atoms with Crippen LogP contribution in [-0.4, -0.2) is 18.5 Å². The van der Waals surface area contributed by atoms with Crippen LogP contribution in [0.25, 0.3) is 0 Å². The Bertz CT molecular complexity index is 354. The highest BCUT2D eigenvalue weighted by atomic mass is 35.5. The second-order valence-corrected chi connectivity index (χ2v) is 5.83. The molecule has 0 aliphatic heterocycles. The molecule has 0 aliphatic rings. The van der Waals surface area contributed by atoms with Gasteiger partial charge in [0.15, 0.2) is 8.30 Å². The van der Waals surface area contributed by atoms with Crippen molar-refractivity contribution >= 4 is 26.2 Å². The Balaban J connectivity index is 2.54. The number of halogens is 1. The molecule has 0 aliphatic carbocycles. The molecule has 0 heterocycles. The molecule has 0 spiro atoms. The van der Waals surface area contributed by atoms with Crippen molar-refractivity contribution in [3.05, 3.63) is 29.3 Å². The SMILES string of the molecule is CP(NC(C)(C)C=O)Oc1ccc(Cl)cc1. The molecule has 88 valence electrons. The summed E-state index contributed by atoms with van der Waals surface area (Å²) in [5.74, 6) is 0.743. The van der Waals surface area contributed by atoms with Crippen molar-refractivity contribution in [2.24, 2.45) is 0 Å². The molecule has 1 unspecified atom stereocenters. The smallest absolute Gasteiger partial charge is 0.158 e. The van der Waals surface area contributed by atoms with E-state index in [9.17, 15) is 4.79 Å². The largest absolute Gasteiger partial charge is 0.458 e. The van der Waals surface area contributed by atoms with Crippen LogP contribution < -0.4 is 9.61 Å². The lowest BCUT2D eigenvalue weighted by atomic mass is 10.1. The Hall–Kier alpha value is -0.630. The number of hydrogen-bond acceptors (Lipinski definition) is 3. The van der Waals surface area contributed by atoms with Gasteiger partial charge in [0, 0.05) is 11.7 Å². The topological polar surface area (TPSA) is 38.3 Å². The summed E-state index contributed by atoms with van der Waals surface area (Å²) in [6, 6.07) is 7.14. The van der Waals surface area contributed by atoms with Gasteiger partial charge in [-0.05, 0) is 38.1 Å². The first-order valence-electron chi connectivity index (χ1n) is 4.84. The average molecular weight is 260 g/mol. The van der Waals surface area contributed by atoms with E-state index in [0.717, 1.165) is 12.0 Å². The molecule has 0 saturated carbocycles. The van der Waals surface area contributed by atoms with Crippen LogP contribution in [0.15, 0.2) is 24.3 Å². The van der Waals surface area contributed by atoms with Crippen LogP contribution in [0.3, 0.4) is 0 Å². The lowest BCUT2D eigenvalue weighted by Gasteiger charge is -2.24. The van der Waals surface area contributed by atoms with Gasteiger partial charge in [-0.2, -0.15) is 0 Å². The lowest BCUT2D eigenvalue weighted by molar-refractivity contribution is -0.111. The molecule has 1 aromatic rings. The van der Waals surface area contributed by atoms with Crippen LogP contribution in [0, 0.1) is 0 Å². The molecule has 1 atom stereocenters. The van der Waals surface area contributed by atoms with E-state index in [0.29, 0.717) is 5.02 Å². The second kappa shape index (κ2) is 5.62. The zero-order valence-electron chi connectivity index (χ0n) is 9.53. The van der Waals surface area contributed by atoms with Gasteiger partial charge in [0.2, 0.25) is 0 Å². The third-order valence-corrected chi connectivity index (χ3v) is 3.42. The van der Waals surface area contributed by atoms with Crippen LogP contribution in [0.4, 0.5) is 0 Å². The van der Waals surface area contributed by atoms with E-state index < -0.39 is 13.8 Å². The minimum atomic E-state index is -0.885. The van der Waals surface area contributed by atoms with E-state index in [1.54, 1.807) is 24.3 Å². The van der Waals surface area contributed by atoms with Gasteiger partial charge in [-0.3, -0.25) is 5.09 Å². The number of nitrogens with one attached hydrogen (secondary N) is 1. The van der Waals surface area contributed by atoms with Gasteiger partial charge in [0.25, 0.3) is 0 Å². The molecule has 0 amide bonds. The maximum absolute atomic E-state index is 10.7. The molecule has 0 bridgehead atoms. The number of carbonyl (C=O) groups is 1. The van der Waals surface area contributed by atoms with Crippen molar-refractivity contribution in [3.8, 4) is 5.75 Å². The monoisotopic (exact) mass is 259 g/mol. The van der Waals surface area contributed by atoms with Crippen LogP contribution in [0.1, 0.15) is 13.8 Å². The van der Waals surface area contributed by atoms with E-state index in [4.69, 9.17) is 16.1 Å².